The van der Waals surface area contributed by atoms with Gasteiger partial charge in [-0.1, -0.05) is 35.4 Å². The van der Waals surface area contributed by atoms with E-state index < -0.39 is 5.97 Å². The first-order valence-corrected chi connectivity index (χ1v) is 8.41. The van der Waals surface area contributed by atoms with Gasteiger partial charge in [0.25, 0.3) is 0 Å². The minimum atomic E-state index is -0.620. The molecular formula is C20H17ClN2O3. The second kappa shape index (κ2) is 7.54. The number of rotatable bonds is 5. The van der Waals surface area contributed by atoms with Crippen LogP contribution in [0.2, 0.25) is 5.15 Å². The van der Waals surface area contributed by atoms with Gasteiger partial charge in [-0.15, -0.1) is 0 Å². The zero-order valence-corrected chi connectivity index (χ0v) is 15.2. The average molecular weight is 369 g/mol. The number of esters is 1. The third-order valence-electron chi connectivity index (χ3n) is 3.94. The maximum absolute atomic E-state index is 12.2. The first kappa shape index (κ1) is 17.9. The van der Waals surface area contributed by atoms with Crippen LogP contribution in [0.4, 0.5) is 0 Å². The van der Waals surface area contributed by atoms with Gasteiger partial charge in [0.15, 0.2) is 11.8 Å². The van der Waals surface area contributed by atoms with Gasteiger partial charge in [-0.3, -0.25) is 9.20 Å². The molecular weight excluding hydrogens is 352 g/mol. The van der Waals surface area contributed by atoms with Gasteiger partial charge >= 0.3 is 5.97 Å². The molecule has 132 valence electrons. The number of aryl methyl sites for hydroxylation is 2. The highest BCUT2D eigenvalue weighted by Gasteiger charge is 2.12. The Kier molecular flexibility index (Phi) is 5.19. The van der Waals surface area contributed by atoms with Crippen molar-refractivity contribution in [1.82, 2.24) is 9.38 Å². The van der Waals surface area contributed by atoms with Gasteiger partial charge in [0.1, 0.15) is 5.65 Å². The molecule has 0 aliphatic heterocycles. The molecule has 0 aliphatic rings. The highest BCUT2D eigenvalue weighted by atomic mass is 35.5. The molecule has 26 heavy (non-hydrogen) atoms. The number of benzene rings is 1. The molecule has 1 aromatic carbocycles. The Hall–Kier alpha value is -2.92. The largest absolute Gasteiger partial charge is 0.454 e. The summed E-state index contributed by atoms with van der Waals surface area (Å²) in [7, 11) is 0. The summed E-state index contributed by atoms with van der Waals surface area (Å²) in [5.74, 6) is -0.855. The van der Waals surface area contributed by atoms with E-state index in [1.807, 2.05) is 44.2 Å². The number of carbonyl (C=O) groups is 2. The van der Waals surface area contributed by atoms with Crippen molar-refractivity contribution in [3.8, 4) is 0 Å². The molecule has 0 aliphatic carbocycles. The van der Waals surface area contributed by atoms with E-state index in [-0.39, 0.29) is 17.5 Å². The number of fused-ring (bicyclic) bond motifs is 1. The number of carbonyl (C=O) groups excluding carboxylic acids is 2. The summed E-state index contributed by atoms with van der Waals surface area (Å²) in [6.45, 7) is 3.44. The summed E-state index contributed by atoms with van der Waals surface area (Å²) < 4.78 is 6.81. The Morgan fingerprint density at radius 2 is 2.04 bits per heavy atom. The molecule has 0 fully saturated rings. The van der Waals surface area contributed by atoms with Crippen LogP contribution in [0, 0.1) is 13.8 Å². The molecule has 3 aromatic rings. The highest BCUT2D eigenvalue weighted by molar-refractivity contribution is 6.31. The molecule has 0 amide bonds. The van der Waals surface area contributed by atoms with Gasteiger partial charge in [-0.25, -0.2) is 9.78 Å². The van der Waals surface area contributed by atoms with E-state index in [2.05, 4.69) is 4.98 Å². The third-order valence-corrected chi connectivity index (χ3v) is 4.22. The summed E-state index contributed by atoms with van der Waals surface area (Å²) in [6.07, 6.45) is 4.55. The van der Waals surface area contributed by atoms with Crippen LogP contribution in [0.5, 0.6) is 0 Å². The predicted molar refractivity (Wildman–Crippen MR) is 100 cm³/mol. The van der Waals surface area contributed by atoms with E-state index in [4.69, 9.17) is 16.3 Å². The molecule has 2 heterocycles. The van der Waals surface area contributed by atoms with Crippen LogP contribution in [0.15, 0.2) is 48.7 Å². The number of Topliss-reactive ketones (excluding diaryl/α,β-unsaturated/α-hetero) is 1. The monoisotopic (exact) mass is 368 g/mol. The van der Waals surface area contributed by atoms with Crippen LogP contribution in [0.1, 0.15) is 27.2 Å². The number of hydrogen-bond acceptors (Lipinski definition) is 4. The Bertz CT molecular complexity index is 1020. The van der Waals surface area contributed by atoms with Crippen LogP contribution in [0.25, 0.3) is 11.7 Å². The molecule has 5 nitrogen and oxygen atoms in total. The molecule has 6 heteroatoms. The molecule has 0 spiro atoms. The van der Waals surface area contributed by atoms with Gasteiger partial charge < -0.3 is 4.74 Å². The molecule has 2 aromatic heterocycles. The normalized spacial score (nSPS) is 11.2. The minimum absolute atomic E-state index is 0.235. The fourth-order valence-corrected chi connectivity index (χ4v) is 2.82. The first-order chi connectivity index (χ1) is 12.5. The smallest absolute Gasteiger partial charge is 0.331 e. The Morgan fingerprint density at radius 1 is 1.23 bits per heavy atom. The van der Waals surface area contributed by atoms with Gasteiger partial charge in [0.2, 0.25) is 5.78 Å². The molecule has 3 rings (SSSR count). The van der Waals surface area contributed by atoms with Crippen LogP contribution < -0.4 is 0 Å². The SMILES string of the molecule is Cc1ccc(C)c(C(=O)COC(=O)/C=C/c2c(Cl)nc3ccccn23)c1. The lowest BCUT2D eigenvalue weighted by Gasteiger charge is -2.06. The summed E-state index contributed by atoms with van der Waals surface area (Å²) in [4.78, 5) is 28.4. The standard InChI is InChI=1S/C20H17ClN2O3/c1-13-6-7-14(2)15(11-13)17(24)12-26-19(25)9-8-16-20(21)22-18-5-3-4-10-23(16)18/h3-11H,12H2,1-2H3/b9-8+. The Morgan fingerprint density at radius 3 is 2.85 bits per heavy atom. The van der Waals surface area contributed by atoms with Gasteiger partial charge in [-0.05, 0) is 43.7 Å². The number of imidazole rings is 1. The predicted octanol–water partition coefficient (Wildman–Crippen LogP) is 4.04. The van der Waals surface area contributed by atoms with Gasteiger partial charge in [0.05, 0.1) is 5.69 Å². The number of hydrogen-bond donors (Lipinski definition) is 0. The van der Waals surface area contributed by atoms with Crippen LogP contribution in [-0.4, -0.2) is 27.7 Å². The molecule has 0 bridgehead atoms. The van der Waals surface area contributed by atoms with E-state index in [9.17, 15) is 9.59 Å². The lowest BCUT2D eigenvalue weighted by molar-refractivity contribution is -0.136. The molecule has 0 unspecified atom stereocenters. The summed E-state index contributed by atoms with van der Waals surface area (Å²) >= 11 is 6.10. The lowest BCUT2D eigenvalue weighted by Crippen LogP contribution is -2.13. The highest BCUT2D eigenvalue weighted by Crippen LogP contribution is 2.19. The van der Waals surface area contributed by atoms with Gasteiger partial charge in [-0.2, -0.15) is 0 Å². The lowest BCUT2D eigenvalue weighted by atomic mass is 10.0. The van der Waals surface area contributed by atoms with Crippen molar-refractivity contribution < 1.29 is 14.3 Å². The van der Waals surface area contributed by atoms with Crippen molar-refractivity contribution in [2.24, 2.45) is 0 Å². The molecule has 0 saturated heterocycles. The number of pyridine rings is 1. The Labute approximate surface area is 155 Å². The van der Waals surface area contributed by atoms with E-state index in [1.165, 1.54) is 12.2 Å². The maximum atomic E-state index is 12.2. The first-order valence-electron chi connectivity index (χ1n) is 8.03. The number of ether oxygens (including phenoxy) is 1. The Balaban J connectivity index is 1.67. The molecule has 0 atom stereocenters. The van der Waals surface area contributed by atoms with E-state index in [0.29, 0.717) is 16.9 Å². The van der Waals surface area contributed by atoms with E-state index in [0.717, 1.165) is 11.1 Å². The third kappa shape index (κ3) is 3.83. The molecule has 0 radical (unpaired) electrons. The zero-order chi connectivity index (χ0) is 18.7. The second-order valence-corrected chi connectivity index (χ2v) is 6.26. The number of nitrogens with zero attached hydrogens (tertiary/aromatic N) is 2. The molecule has 0 saturated carbocycles. The maximum Gasteiger partial charge on any atom is 0.331 e. The average Bonchev–Trinajstić information content (AvgIpc) is 2.95. The van der Waals surface area contributed by atoms with Crippen LogP contribution >= 0.6 is 11.6 Å². The summed E-state index contributed by atoms with van der Waals surface area (Å²) in [5, 5.41) is 0.284. The van der Waals surface area contributed by atoms with Crippen molar-refractivity contribution in [3.05, 3.63) is 76.2 Å². The van der Waals surface area contributed by atoms with Crippen molar-refractivity contribution in [3.63, 3.8) is 0 Å². The minimum Gasteiger partial charge on any atom is -0.454 e. The summed E-state index contributed by atoms with van der Waals surface area (Å²) in [6, 6.07) is 11.1. The second-order valence-electron chi connectivity index (χ2n) is 5.90. The number of ketones is 1. The topological polar surface area (TPSA) is 60.7 Å². The fourth-order valence-electron chi connectivity index (χ4n) is 2.58. The number of aromatic nitrogens is 2. The summed E-state index contributed by atoms with van der Waals surface area (Å²) in [5.41, 5.74) is 3.64. The fraction of sp³-hybridized carbons (Fsp3) is 0.150. The van der Waals surface area contributed by atoms with Crippen LogP contribution in [-0.2, 0) is 9.53 Å². The zero-order valence-electron chi connectivity index (χ0n) is 14.4. The van der Waals surface area contributed by atoms with Crippen molar-refractivity contribution >= 4 is 35.1 Å². The van der Waals surface area contributed by atoms with E-state index in [1.54, 1.807) is 16.7 Å². The number of halogens is 1. The van der Waals surface area contributed by atoms with Crippen molar-refractivity contribution in [2.45, 2.75) is 13.8 Å². The molecule has 0 N–H and O–H groups in total. The van der Waals surface area contributed by atoms with Crippen molar-refractivity contribution in [2.75, 3.05) is 6.61 Å². The quantitative estimate of drug-likeness (QED) is 0.387. The van der Waals surface area contributed by atoms with Gasteiger partial charge in [0, 0.05) is 17.8 Å². The van der Waals surface area contributed by atoms with E-state index >= 15 is 0 Å². The van der Waals surface area contributed by atoms with Crippen LogP contribution in [0.3, 0.4) is 0 Å². The van der Waals surface area contributed by atoms with Crippen molar-refractivity contribution in [1.29, 1.82) is 0 Å².